The van der Waals surface area contributed by atoms with Gasteiger partial charge in [-0.3, -0.25) is 0 Å². The SMILES string of the molecule is C/C=C\CCC(C)(O)C1CC=C(C)C(O)C1. The van der Waals surface area contributed by atoms with E-state index in [1.165, 1.54) is 0 Å². The fourth-order valence-corrected chi connectivity index (χ4v) is 2.27. The molecule has 0 aromatic rings. The van der Waals surface area contributed by atoms with Gasteiger partial charge < -0.3 is 10.2 Å². The van der Waals surface area contributed by atoms with Crippen LogP contribution in [0.2, 0.25) is 0 Å². The summed E-state index contributed by atoms with van der Waals surface area (Å²) in [4.78, 5) is 0. The Hall–Kier alpha value is -0.600. The number of allylic oxidation sites excluding steroid dienone is 3. The Balaban J connectivity index is 2.56. The maximum atomic E-state index is 10.4. The van der Waals surface area contributed by atoms with E-state index in [0.717, 1.165) is 24.8 Å². The van der Waals surface area contributed by atoms with Gasteiger partial charge in [0.25, 0.3) is 0 Å². The second-order valence-corrected chi connectivity index (χ2v) is 5.10. The molecule has 0 radical (unpaired) electrons. The van der Waals surface area contributed by atoms with E-state index >= 15 is 0 Å². The maximum absolute atomic E-state index is 10.4. The molecular weight excluding hydrogens is 200 g/mol. The van der Waals surface area contributed by atoms with Gasteiger partial charge in [-0.25, -0.2) is 0 Å². The first kappa shape index (κ1) is 13.5. The van der Waals surface area contributed by atoms with Crippen molar-refractivity contribution in [2.45, 2.75) is 58.2 Å². The zero-order chi connectivity index (χ0) is 12.2. The van der Waals surface area contributed by atoms with Gasteiger partial charge in [-0.1, -0.05) is 18.2 Å². The normalized spacial score (nSPS) is 30.2. The van der Waals surface area contributed by atoms with E-state index in [1.54, 1.807) is 0 Å². The molecule has 0 aromatic heterocycles. The molecule has 0 heterocycles. The van der Waals surface area contributed by atoms with Crippen molar-refractivity contribution in [2.24, 2.45) is 5.92 Å². The van der Waals surface area contributed by atoms with Crippen LogP contribution in [0.1, 0.15) is 46.5 Å². The highest BCUT2D eigenvalue weighted by Crippen LogP contribution is 2.34. The molecule has 0 aromatic carbocycles. The third-order valence-electron chi connectivity index (χ3n) is 3.69. The lowest BCUT2D eigenvalue weighted by Gasteiger charge is -2.36. The van der Waals surface area contributed by atoms with Crippen LogP contribution in [0.25, 0.3) is 0 Å². The predicted octanol–water partition coefficient (Wildman–Crippen LogP) is 2.81. The van der Waals surface area contributed by atoms with Gasteiger partial charge in [-0.05, 0) is 57.9 Å². The highest BCUT2D eigenvalue weighted by atomic mass is 16.3. The molecule has 0 saturated carbocycles. The second kappa shape index (κ2) is 5.65. The topological polar surface area (TPSA) is 40.5 Å². The average molecular weight is 224 g/mol. The molecule has 3 atom stereocenters. The van der Waals surface area contributed by atoms with Gasteiger partial charge in [0.2, 0.25) is 0 Å². The van der Waals surface area contributed by atoms with Crippen LogP contribution in [-0.2, 0) is 0 Å². The molecule has 0 fully saturated rings. The number of hydrogen-bond acceptors (Lipinski definition) is 2. The van der Waals surface area contributed by atoms with Gasteiger partial charge in [0, 0.05) is 0 Å². The van der Waals surface area contributed by atoms with Crippen LogP contribution in [0.5, 0.6) is 0 Å². The number of rotatable bonds is 4. The van der Waals surface area contributed by atoms with Crippen LogP contribution in [0, 0.1) is 5.92 Å². The predicted molar refractivity (Wildman–Crippen MR) is 67.2 cm³/mol. The van der Waals surface area contributed by atoms with E-state index in [1.807, 2.05) is 26.8 Å². The molecule has 2 N–H and O–H groups in total. The Bertz CT molecular complexity index is 276. The molecule has 3 unspecified atom stereocenters. The molecule has 0 spiro atoms. The summed E-state index contributed by atoms with van der Waals surface area (Å²) < 4.78 is 0. The minimum atomic E-state index is -0.669. The van der Waals surface area contributed by atoms with Crippen LogP contribution in [0.4, 0.5) is 0 Å². The Morgan fingerprint density at radius 1 is 1.56 bits per heavy atom. The van der Waals surface area contributed by atoms with Crippen molar-refractivity contribution in [1.29, 1.82) is 0 Å². The zero-order valence-electron chi connectivity index (χ0n) is 10.6. The van der Waals surface area contributed by atoms with Crippen LogP contribution in [0.3, 0.4) is 0 Å². The average Bonchev–Trinajstić information content (AvgIpc) is 2.22. The maximum Gasteiger partial charge on any atom is 0.0751 e. The minimum Gasteiger partial charge on any atom is -0.390 e. The third-order valence-corrected chi connectivity index (χ3v) is 3.69. The molecular formula is C14H24O2. The molecule has 2 heteroatoms. The Morgan fingerprint density at radius 3 is 2.81 bits per heavy atom. The van der Waals surface area contributed by atoms with Crippen molar-refractivity contribution >= 4 is 0 Å². The first-order valence-electron chi connectivity index (χ1n) is 6.15. The van der Waals surface area contributed by atoms with E-state index in [2.05, 4.69) is 12.2 Å². The van der Waals surface area contributed by atoms with Gasteiger partial charge in [-0.15, -0.1) is 0 Å². The highest BCUT2D eigenvalue weighted by molar-refractivity contribution is 5.11. The Morgan fingerprint density at radius 2 is 2.25 bits per heavy atom. The van der Waals surface area contributed by atoms with Gasteiger partial charge >= 0.3 is 0 Å². The second-order valence-electron chi connectivity index (χ2n) is 5.10. The van der Waals surface area contributed by atoms with Crippen molar-refractivity contribution in [2.75, 3.05) is 0 Å². The fraction of sp³-hybridized carbons (Fsp3) is 0.714. The molecule has 0 amide bonds. The van der Waals surface area contributed by atoms with Crippen molar-refractivity contribution in [3.63, 3.8) is 0 Å². The van der Waals surface area contributed by atoms with E-state index in [-0.39, 0.29) is 12.0 Å². The van der Waals surface area contributed by atoms with Crippen molar-refractivity contribution < 1.29 is 10.2 Å². The monoisotopic (exact) mass is 224 g/mol. The molecule has 16 heavy (non-hydrogen) atoms. The summed E-state index contributed by atoms with van der Waals surface area (Å²) in [6.45, 7) is 5.84. The summed E-state index contributed by atoms with van der Waals surface area (Å²) >= 11 is 0. The summed E-state index contributed by atoms with van der Waals surface area (Å²) in [5, 5.41) is 20.2. The molecule has 1 aliphatic rings. The minimum absolute atomic E-state index is 0.177. The van der Waals surface area contributed by atoms with Crippen LogP contribution < -0.4 is 0 Å². The standard InChI is InChI=1S/C14H24O2/c1-4-5-6-9-14(3,16)12-8-7-11(2)13(15)10-12/h4-5,7,12-13,15-16H,6,8-10H2,1-3H3/b5-4-. The summed E-state index contributed by atoms with van der Waals surface area (Å²) in [5.41, 5.74) is 0.373. The van der Waals surface area contributed by atoms with Gasteiger partial charge in [-0.2, -0.15) is 0 Å². The summed E-state index contributed by atoms with van der Waals surface area (Å²) in [6.07, 6.45) is 9.01. The molecule has 1 aliphatic carbocycles. The van der Waals surface area contributed by atoms with E-state index in [0.29, 0.717) is 6.42 Å². The molecule has 1 rings (SSSR count). The van der Waals surface area contributed by atoms with Crippen LogP contribution >= 0.6 is 0 Å². The smallest absolute Gasteiger partial charge is 0.0751 e. The van der Waals surface area contributed by atoms with Crippen molar-refractivity contribution in [1.82, 2.24) is 0 Å². The van der Waals surface area contributed by atoms with Crippen LogP contribution in [-0.4, -0.2) is 21.9 Å². The highest BCUT2D eigenvalue weighted by Gasteiger charge is 2.34. The first-order valence-corrected chi connectivity index (χ1v) is 6.15. The number of hydrogen-bond donors (Lipinski definition) is 2. The quantitative estimate of drug-likeness (QED) is 0.721. The summed E-state index contributed by atoms with van der Waals surface area (Å²) in [7, 11) is 0. The zero-order valence-corrected chi connectivity index (χ0v) is 10.6. The molecule has 0 saturated heterocycles. The van der Waals surface area contributed by atoms with E-state index in [9.17, 15) is 10.2 Å². The lowest BCUT2D eigenvalue weighted by atomic mass is 9.75. The Labute approximate surface area is 98.7 Å². The van der Waals surface area contributed by atoms with Gasteiger partial charge in [0.15, 0.2) is 0 Å². The first-order chi connectivity index (χ1) is 7.47. The van der Waals surface area contributed by atoms with Crippen molar-refractivity contribution in [3.8, 4) is 0 Å². The van der Waals surface area contributed by atoms with E-state index in [4.69, 9.17) is 0 Å². The van der Waals surface area contributed by atoms with Crippen LogP contribution in [0.15, 0.2) is 23.8 Å². The fourth-order valence-electron chi connectivity index (χ4n) is 2.27. The van der Waals surface area contributed by atoms with E-state index < -0.39 is 5.60 Å². The van der Waals surface area contributed by atoms with Crippen molar-refractivity contribution in [3.05, 3.63) is 23.8 Å². The van der Waals surface area contributed by atoms with Gasteiger partial charge in [0.05, 0.1) is 11.7 Å². The lowest BCUT2D eigenvalue weighted by Crippen LogP contribution is -2.38. The molecule has 0 aliphatic heterocycles. The summed E-state index contributed by atoms with van der Waals surface area (Å²) in [6, 6.07) is 0. The summed E-state index contributed by atoms with van der Waals surface area (Å²) in [5.74, 6) is 0.177. The largest absolute Gasteiger partial charge is 0.390 e. The number of aliphatic hydroxyl groups excluding tert-OH is 1. The van der Waals surface area contributed by atoms with Gasteiger partial charge in [0.1, 0.15) is 0 Å². The Kier molecular flexibility index (Phi) is 4.75. The number of aliphatic hydroxyl groups is 2. The molecule has 2 nitrogen and oxygen atoms in total. The lowest BCUT2D eigenvalue weighted by molar-refractivity contribution is -0.0270. The molecule has 0 bridgehead atoms. The third kappa shape index (κ3) is 3.46. The molecule has 92 valence electrons.